The van der Waals surface area contributed by atoms with Crippen molar-refractivity contribution in [2.75, 3.05) is 29.4 Å². The van der Waals surface area contributed by atoms with Gasteiger partial charge in [0.25, 0.3) is 5.69 Å². The normalized spacial score (nSPS) is 18.6. The first-order chi connectivity index (χ1) is 12.4. The number of amides is 1. The first-order valence-electron chi connectivity index (χ1n) is 8.79. The van der Waals surface area contributed by atoms with E-state index in [-0.39, 0.29) is 11.6 Å². The van der Waals surface area contributed by atoms with Gasteiger partial charge in [-0.15, -0.1) is 0 Å². The van der Waals surface area contributed by atoms with Crippen molar-refractivity contribution in [2.45, 2.75) is 19.3 Å². The first kappa shape index (κ1) is 16.6. The fourth-order valence-corrected chi connectivity index (χ4v) is 3.92. The Morgan fingerprint density at radius 3 is 2.50 bits per heavy atom. The molecule has 2 aliphatic rings. The van der Waals surface area contributed by atoms with Crippen molar-refractivity contribution in [3.63, 3.8) is 0 Å². The van der Waals surface area contributed by atoms with Gasteiger partial charge in [0.1, 0.15) is 0 Å². The van der Waals surface area contributed by atoms with Crippen LogP contribution in [0.4, 0.5) is 17.1 Å². The maximum atomic E-state index is 12.9. The highest BCUT2D eigenvalue weighted by atomic mass is 16.6. The third-order valence-electron chi connectivity index (χ3n) is 5.46. The van der Waals surface area contributed by atoms with Crippen LogP contribution in [-0.2, 0) is 10.2 Å². The molecule has 1 fully saturated rings. The van der Waals surface area contributed by atoms with Crippen molar-refractivity contribution in [1.82, 2.24) is 0 Å². The van der Waals surface area contributed by atoms with Crippen molar-refractivity contribution < 1.29 is 9.72 Å². The van der Waals surface area contributed by atoms with E-state index in [4.69, 9.17) is 0 Å². The Labute approximate surface area is 152 Å². The van der Waals surface area contributed by atoms with Gasteiger partial charge in [-0.25, -0.2) is 0 Å². The summed E-state index contributed by atoms with van der Waals surface area (Å²) in [5.74, 6) is 0.381. The summed E-state index contributed by atoms with van der Waals surface area (Å²) in [6.07, 6.45) is 0. The van der Waals surface area contributed by atoms with Crippen molar-refractivity contribution in [3.8, 4) is 0 Å². The molecule has 134 valence electrons. The highest BCUT2D eigenvalue weighted by Gasteiger charge is 2.46. The average molecular weight is 351 g/mol. The lowest BCUT2D eigenvalue weighted by atomic mass is 9.86. The number of benzene rings is 2. The Morgan fingerprint density at radius 2 is 1.85 bits per heavy atom. The minimum absolute atomic E-state index is 0.0196. The molecular formula is C20H21N3O3. The topological polar surface area (TPSA) is 66.7 Å². The number of carbonyl (C=O) groups excluding carboxylic acids is 1. The molecule has 26 heavy (non-hydrogen) atoms. The maximum absolute atomic E-state index is 12.9. The van der Waals surface area contributed by atoms with Crippen LogP contribution in [0.5, 0.6) is 0 Å². The number of hydrogen-bond donors (Lipinski definition) is 0. The molecule has 1 amide bonds. The van der Waals surface area contributed by atoms with Gasteiger partial charge < -0.3 is 9.80 Å². The molecule has 2 heterocycles. The Bertz CT molecular complexity index is 873. The summed E-state index contributed by atoms with van der Waals surface area (Å²) in [5.41, 5.74) is 2.12. The zero-order valence-corrected chi connectivity index (χ0v) is 14.9. The molecule has 0 bridgehead atoms. The standard InChI is InChI=1S/C20H21N3O3/c1-20(2)17-9-8-16(23(25)26)10-18(17)22(19(20)24)13-14-11-21(12-14)15-6-4-3-5-7-15/h3-10,14H,11-13H2,1-2H3. The van der Waals surface area contributed by atoms with Crippen LogP contribution in [0.2, 0.25) is 0 Å². The van der Waals surface area contributed by atoms with Crippen LogP contribution in [0.1, 0.15) is 19.4 Å². The van der Waals surface area contributed by atoms with Crippen molar-refractivity contribution >= 4 is 23.0 Å². The van der Waals surface area contributed by atoms with Crippen LogP contribution in [-0.4, -0.2) is 30.5 Å². The smallest absolute Gasteiger partial charge is 0.271 e. The molecule has 0 N–H and O–H groups in total. The Balaban J connectivity index is 1.54. The van der Waals surface area contributed by atoms with E-state index < -0.39 is 10.3 Å². The van der Waals surface area contributed by atoms with Gasteiger partial charge in [0.05, 0.1) is 16.0 Å². The molecule has 0 spiro atoms. The van der Waals surface area contributed by atoms with E-state index in [9.17, 15) is 14.9 Å². The number of rotatable bonds is 4. The Morgan fingerprint density at radius 1 is 1.15 bits per heavy atom. The fraction of sp³-hybridized carbons (Fsp3) is 0.350. The molecule has 0 atom stereocenters. The van der Waals surface area contributed by atoms with Crippen molar-refractivity contribution in [1.29, 1.82) is 0 Å². The second-order valence-electron chi connectivity index (χ2n) is 7.61. The van der Waals surface area contributed by atoms with Crippen LogP contribution in [0.3, 0.4) is 0 Å². The van der Waals surface area contributed by atoms with E-state index in [0.29, 0.717) is 18.2 Å². The quantitative estimate of drug-likeness (QED) is 0.626. The van der Waals surface area contributed by atoms with Crippen LogP contribution in [0.15, 0.2) is 48.5 Å². The summed E-state index contributed by atoms with van der Waals surface area (Å²) < 4.78 is 0. The molecule has 1 saturated heterocycles. The third kappa shape index (κ3) is 2.53. The second-order valence-corrected chi connectivity index (χ2v) is 7.61. The fourth-order valence-electron chi connectivity index (χ4n) is 3.92. The van der Waals surface area contributed by atoms with Gasteiger partial charge in [-0.2, -0.15) is 0 Å². The summed E-state index contributed by atoms with van der Waals surface area (Å²) in [4.78, 5) is 27.7. The average Bonchev–Trinajstić information content (AvgIpc) is 2.78. The Kier molecular flexibility index (Phi) is 3.72. The first-order valence-corrected chi connectivity index (χ1v) is 8.79. The van der Waals surface area contributed by atoms with Gasteiger partial charge in [0.2, 0.25) is 5.91 Å². The highest BCUT2D eigenvalue weighted by molar-refractivity contribution is 6.07. The monoisotopic (exact) mass is 351 g/mol. The highest BCUT2D eigenvalue weighted by Crippen LogP contribution is 2.44. The third-order valence-corrected chi connectivity index (χ3v) is 5.46. The summed E-state index contributed by atoms with van der Waals surface area (Å²) in [5, 5.41) is 11.1. The number of non-ortho nitro benzene ring substituents is 1. The molecular weight excluding hydrogens is 330 g/mol. The number of para-hydroxylation sites is 1. The molecule has 0 unspecified atom stereocenters. The SMILES string of the molecule is CC1(C)C(=O)N(CC2CN(c3ccccc3)C2)c2cc([N+](=O)[O-])ccc21. The van der Waals surface area contributed by atoms with Gasteiger partial charge in [-0.05, 0) is 37.6 Å². The molecule has 4 rings (SSSR count). The van der Waals surface area contributed by atoms with Gasteiger partial charge >= 0.3 is 0 Å². The van der Waals surface area contributed by atoms with E-state index in [1.807, 2.05) is 32.0 Å². The molecule has 2 aromatic rings. The number of nitro groups is 1. The summed E-state index contributed by atoms with van der Waals surface area (Å²) in [6.45, 7) is 6.14. The van der Waals surface area contributed by atoms with Crippen LogP contribution in [0.25, 0.3) is 0 Å². The summed E-state index contributed by atoms with van der Waals surface area (Å²) >= 11 is 0. The van der Waals surface area contributed by atoms with Crippen LogP contribution in [0, 0.1) is 16.0 Å². The maximum Gasteiger partial charge on any atom is 0.271 e. The van der Waals surface area contributed by atoms with Crippen LogP contribution < -0.4 is 9.80 Å². The Hall–Kier alpha value is -2.89. The number of fused-ring (bicyclic) bond motifs is 1. The molecule has 2 aliphatic heterocycles. The van der Waals surface area contributed by atoms with Gasteiger partial charge in [0.15, 0.2) is 0 Å². The van der Waals surface area contributed by atoms with Crippen molar-refractivity contribution in [3.05, 3.63) is 64.2 Å². The van der Waals surface area contributed by atoms with E-state index in [1.165, 1.54) is 17.8 Å². The number of nitro benzene ring substituents is 1. The van der Waals surface area contributed by atoms with Gasteiger partial charge in [-0.1, -0.05) is 18.2 Å². The van der Waals surface area contributed by atoms with Crippen LogP contribution >= 0.6 is 0 Å². The predicted molar refractivity (Wildman–Crippen MR) is 101 cm³/mol. The molecule has 0 radical (unpaired) electrons. The molecule has 2 aromatic carbocycles. The lowest BCUT2D eigenvalue weighted by Gasteiger charge is -2.42. The molecule has 0 saturated carbocycles. The number of anilines is 2. The van der Waals surface area contributed by atoms with Gasteiger partial charge in [0, 0.05) is 43.4 Å². The van der Waals surface area contributed by atoms with E-state index >= 15 is 0 Å². The zero-order valence-electron chi connectivity index (χ0n) is 14.9. The van der Waals surface area contributed by atoms with E-state index in [2.05, 4.69) is 17.0 Å². The molecule has 6 heteroatoms. The predicted octanol–water partition coefficient (Wildman–Crippen LogP) is 3.36. The molecule has 6 nitrogen and oxygen atoms in total. The second kappa shape index (κ2) is 5.83. The number of carbonyl (C=O) groups is 1. The molecule has 0 aromatic heterocycles. The zero-order chi connectivity index (χ0) is 18.5. The van der Waals surface area contributed by atoms with E-state index in [0.717, 1.165) is 18.7 Å². The molecule has 0 aliphatic carbocycles. The lowest BCUT2D eigenvalue weighted by Crippen LogP contribution is -2.53. The lowest BCUT2D eigenvalue weighted by molar-refractivity contribution is -0.384. The summed E-state index contributed by atoms with van der Waals surface area (Å²) in [7, 11) is 0. The largest absolute Gasteiger partial charge is 0.371 e. The number of hydrogen-bond acceptors (Lipinski definition) is 4. The summed E-state index contributed by atoms with van der Waals surface area (Å²) in [6, 6.07) is 14.9. The van der Waals surface area contributed by atoms with Crippen molar-refractivity contribution in [2.24, 2.45) is 5.92 Å². The minimum Gasteiger partial charge on any atom is -0.371 e. The minimum atomic E-state index is -0.646. The van der Waals surface area contributed by atoms with Gasteiger partial charge in [-0.3, -0.25) is 14.9 Å². The number of nitrogens with zero attached hydrogens (tertiary/aromatic N) is 3. The van der Waals surface area contributed by atoms with E-state index in [1.54, 1.807) is 11.0 Å².